The third-order valence-corrected chi connectivity index (χ3v) is 4.64. The molecular formula is C19H24N2O3. The summed E-state index contributed by atoms with van der Waals surface area (Å²) in [6, 6.07) is 11.2. The molecule has 1 amide bonds. The molecular weight excluding hydrogens is 304 g/mol. The summed E-state index contributed by atoms with van der Waals surface area (Å²) in [6.45, 7) is 0.740. The smallest absolute Gasteiger partial charge is 0.254 e. The number of rotatable bonds is 5. The van der Waals surface area contributed by atoms with Gasteiger partial charge in [0.1, 0.15) is 11.9 Å². The van der Waals surface area contributed by atoms with Crippen molar-refractivity contribution in [2.75, 3.05) is 25.5 Å². The lowest BCUT2D eigenvalue weighted by molar-refractivity contribution is 0.0641. The van der Waals surface area contributed by atoms with Crippen molar-refractivity contribution in [1.82, 2.24) is 4.90 Å². The molecule has 2 aromatic rings. The van der Waals surface area contributed by atoms with Crippen LogP contribution in [0.15, 0.2) is 47.1 Å². The summed E-state index contributed by atoms with van der Waals surface area (Å²) in [4.78, 5) is 16.7. The number of benzene rings is 1. The minimum atomic E-state index is -0.672. The molecule has 2 unspecified atom stereocenters. The van der Waals surface area contributed by atoms with E-state index in [2.05, 4.69) is 0 Å². The van der Waals surface area contributed by atoms with Crippen LogP contribution in [0.4, 0.5) is 5.69 Å². The van der Waals surface area contributed by atoms with Crippen molar-refractivity contribution in [2.24, 2.45) is 0 Å². The standard InChI is InChI=1S/C19H24N2O3/c1-20(2)15-9-7-14(8-10-15)19(23)21-11-3-5-16(21)13-17(22)18-6-4-12-24-18/h4,6-10,12,16-17,22H,3,5,11,13H2,1-2H3. The molecule has 5 heteroatoms. The summed E-state index contributed by atoms with van der Waals surface area (Å²) >= 11 is 0. The van der Waals surface area contributed by atoms with Crippen LogP contribution >= 0.6 is 0 Å². The van der Waals surface area contributed by atoms with Crippen LogP contribution in [0.1, 0.15) is 41.5 Å². The summed E-state index contributed by atoms with van der Waals surface area (Å²) in [6.07, 6.45) is 3.28. The first kappa shape index (κ1) is 16.6. The zero-order valence-electron chi connectivity index (χ0n) is 14.2. The van der Waals surface area contributed by atoms with E-state index < -0.39 is 6.10 Å². The molecule has 1 aliphatic rings. The summed E-state index contributed by atoms with van der Waals surface area (Å²) in [7, 11) is 3.95. The largest absolute Gasteiger partial charge is 0.467 e. The fourth-order valence-electron chi connectivity index (χ4n) is 3.27. The highest BCUT2D eigenvalue weighted by molar-refractivity contribution is 5.95. The number of nitrogens with zero attached hydrogens (tertiary/aromatic N) is 2. The first-order valence-corrected chi connectivity index (χ1v) is 8.36. The fourth-order valence-corrected chi connectivity index (χ4v) is 3.27. The number of anilines is 1. The van der Waals surface area contributed by atoms with Crippen LogP contribution in [0.3, 0.4) is 0 Å². The van der Waals surface area contributed by atoms with Crippen LogP contribution in [0.2, 0.25) is 0 Å². The second-order valence-corrected chi connectivity index (χ2v) is 6.50. The molecule has 0 saturated carbocycles. The predicted octanol–water partition coefficient (Wildman–Crippen LogP) is 3.07. The van der Waals surface area contributed by atoms with E-state index in [9.17, 15) is 9.90 Å². The number of aliphatic hydroxyl groups excluding tert-OH is 1. The van der Waals surface area contributed by atoms with Gasteiger partial charge in [-0.15, -0.1) is 0 Å². The maximum atomic E-state index is 12.8. The van der Waals surface area contributed by atoms with Crippen LogP contribution in [-0.2, 0) is 0 Å². The molecule has 1 aromatic carbocycles. The van der Waals surface area contributed by atoms with E-state index >= 15 is 0 Å². The van der Waals surface area contributed by atoms with Crippen LogP contribution in [0.25, 0.3) is 0 Å². The lowest BCUT2D eigenvalue weighted by Gasteiger charge is -2.26. The maximum absolute atomic E-state index is 12.8. The average molecular weight is 328 g/mol. The van der Waals surface area contributed by atoms with Crippen molar-refractivity contribution in [3.63, 3.8) is 0 Å². The molecule has 3 rings (SSSR count). The second kappa shape index (κ2) is 7.09. The van der Waals surface area contributed by atoms with E-state index in [4.69, 9.17) is 4.42 Å². The fraction of sp³-hybridized carbons (Fsp3) is 0.421. The number of hydrogen-bond acceptors (Lipinski definition) is 4. The van der Waals surface area contributed by atoms with Gasteiger partial charge < -0.3 is 19.3 Å². The number of likely N-dealkylation sites (tertiary alicyclic amines) is 1. The lowest BCUT2D eigenvalue weighted by atomic mass is 10.0. The summed E-state index contributed by atoms with van der Waals surface area (Å²) in [5, 5.41) is 10.3. The molecule has 0 spiro atoms. The van der Waals surface area contributed by atoms with Crippen molar-refractivity contribution in [2.45, 2.75) is 31.4 Å². The normalized spacial score (nSPS) is 18.6. The maximum Gasteiger partial charge on any atom is 0.254 e. The highest BCUT2D eigenvalue weighted by Crippen LogP contribution is 2.29. The molecule has 1 saturated heterocycles. The van der Waals surface area contributed by atoms with Gasteiger partial charge in [0.15, 0.2) is 0 Å². The Balaban J connectivity index is 1.69. The Bertz CT molecular complexity index is 664. The zero-order chi connectivity index (χ0) is 17.1. The molecule has 0 radical (unpaired) electrons. The molecule has 1 aliphatic heterocycles. The Labute approximate surface area is 142 Å². The van der Waals surface area contributed by atoms with Crippen LogP contribution in [0.5, 0.6) is 0 Å². The Morgan fingerprint density at radius 2 is 2.08 bits per heavy atom. The third kappa shape index (κ3) is 3.46. The molecule has 24 heavy (non-hydrogen) atoms. The highest BCUT2D eigenvalue weighted by Gasteiger charge is 2.31. The molecule has 0 aliphatic carbocycles. The van der Waals surface area contributed by atoms with Crippen molar-refractivity contribution < 1.29 is 14.3 Å². The number of hydrogen-bond donors (Lipinski definition) is 1. The van der Waals surface area contributed by atoms with Crippen LogP contribution in [0, 0.1) is 0 Å². The third-order valence-electron chi connectivity index (χ3n) is 4.64. The summed E-state index contributed by atoms with van der Waals surface area (Å²) in [5.74, 6) is 0.596. The topological polar surface area (TPSA) is 56.9 Å². The summed E-state index contributed by atoms with van der Waals surface area (Å²) < 4.78 is 5.26. The van der Waals surface area contributed by atoms with E-state index in [-0.39, 0.29) is 11.9 Å². The van der Waals surface area contributed by atoms with Gasteiger partial charge in [0.25, 0.3) is 5.91 Å². The average Bonchev–Trinajstić information content (AvgIpc) is 3.26. The number of amides is 1. The highest BCUT2D eigenvalue weighted by atomic mass is 16.4. The Morgan fingerprint density at radius 3 is 2.71 bits per heavy atom. The first-order chi connectivity index (χ1) is 11.6. The second-order valence-electron chi connectivity index (χ2n) is 6.50. The van der Waals surface area contributed by atoms with Gasteiger partial charge in [-0.1, -0.05) is 0 Å². The van der Waals surface area contributed by atoms with E-state index in [1.165, 1.54) is 0 Å². The molecule has 128 valence electrons. The molecule has 5 nitrogen and oxygen atoms in total. The molecule has 0 bridgehead atoms. The predicted molar refractivity (Wildman–Crippen MR) is 93.1 cm³/mol. The van der Waals surface area contributed by atoms with Crippen LogP contribution < -0.4 is 4.90 Å². The van der Waals surface area contributed by atoms with Gasteiger partial charge in [-0.3, -0.25) is 4.79 Å². The van der Waals surface area contributed by atoms with Crippen molar-refractivity contribution in [1.29, 1.82) is 0 Å². The van der Waals surface area contributed by atoms with Crippen molar-refractivity contribution in [3.8, 4) is 0 Å². The van der Waals surface area contributed by atoms with E-state index in [0.29, 0.717) is 17.7 Å². The van der Waals surface area contributed by atoms with Crippen LogP contribution in [-0.4, -0.2) is 42.6 Å². The molecule has 2 atom stereocenters. The minimum Gasteiger partial charge on any atom is -0.467 e. The van der Waals surface area contributed by atoms with Gasteiger partial charge in [-0.2, -0.15) is 0 Å². The SMILES string of the molecule is CN(C)c1ccc(C(=O)N2CCCC2CC(O)c2ccco2)cc1. The van der Waals surface area contributed by atoms with E-state index in [1.807, 2.05) is 48.2 Å². The Kier molecular flexibility index (Phi) is 4.90. The lowest BCUT2D eigenvalue weighted by Crippen LogP contribution is -2.36. The first-order valence-electron chi connectivity index (χ1n) is 8.36. The van der Waals surface area contributed by atoms with Gasteiger partial charge in [0, 0.05) is 44.4 Å². The van der Waals surface area contributed by atoms with E-state index in [1.54, 1.807) is 18.4 Å². The molecule has 1 N–H and O–H groups in total. The van der Waals surface area contributed by atoms with Gasteiger partial charge in [0.2, 0.25) is 0 Å². The van der Waals surface area contributed by atoms with Gasteiger partial charge in [0.05, 0.1) is 6.26 Å². The van der Waals surface area contributed by atoms with Crippen molar-refractivity contribution in [3.05, 3.63) is 54.0 Å². The van der Waals surface area contributed by atoms with Gasteiger partial charge in [-0.25, -0.2) is 0 Å². The van der Waals surface area contributed by atoms with E-state index in [0.717, 1.165) is 25.1 Å². The molecule has 1 aromatic heterocycles. The summed E-state index contributed by atoms with van der Waals surface area (Å²) in [5.41, 5.74) is 1.76. The minimum absolute atomic E-state index is 0.0365. The number of carbonyl (C=O) groups is 1. The van der Waals surface area contributed by atoms with Gasteiger partial charge >= 0.3 is 0 Å². The number of aliphatic hydroxyl groups is 1. The zero-order valence-corrected chi connectivity index (χ0v) is 14.2. The van der Waals surface area contributed by atoms with Gasteiger partial charge in [-0.05, 0) is 49.2 Å². The van der Waals surface area contributed by atoms with Crippen molar-refractivity contribution >= 4 is 11.6 Å². The molecule has 1 fully saturated rings. The quantitative estimate of drug-likeness (QED) is 0.916. The Hall–Kier alpha value is -2.27. The monoisotopic (exact) mass is 328 g/mol. The number of carbonyl (C=O) groups excluding carboxylic acids is 1. The molecule has 2 heterocycles. The Morgan fingerprint density at radius 1 is 1.33 bits per heavy atom. The number of furan rings is 1.